The molecule has 0 aliphatic carbocycles. The van der Waals surface area contributed by atoms with Crippen LogP contribution in [0.2, 0.25) is 5.02 Å². The summed E-state index contributed by atoms with van der Waals surface area (Å²) in [5.41, 5.74) is 2.81. The summed E-state index contributed by atoms with van der Waals surface area (Å²) in [6, 6.07) is 19.6. The molecule has 2 N–H and O–H groups in total. The fourth-order valence-corrected chi connectivity index (χ4v) is 6.45. The Labute approximate surface area is 265 Å². The van der Waals surface area contributed by atoms with Gasteiger partial charge in [-0.3, -0.25) is 19.2 Å². The SMILES string of the molecule is O=C(N[C@@H](Cc1ccc(Cl)cc1)C(=O)N1CCC(c2ccccc2CN2CCCC2=O)CC1)c1cc(=O)c2ccc(O)cc2o1. The lowest BCUT2D eigenvalue weighted by Crippen LogP contribution is -2.51. The highest BCUT2D eigenvalue weighted by Crippen LogP contribution is 2.32. The number of nitrogens with zero attached hydrogens (tertiary/aromatic N) is 2. The van der Waals surface area contributed by atoms with Crippen LogP contribution in [0.3, 0.4) is 0 Å². The van der Waals surface area contributed by atoms with E-state index in [9.17, 15) is 24.3 Å². The van der Waals surface area contributed by atoms with Crippen molar-refractivity contribution in [3.8, 4) is 5.75 Å². The fourth-order valence-electron chi connectivity index (χ4n) is 6.33. The summed E-state index contributed by atoms with van der Waals surface area (Å²) < 4.78 is 5.67. The van der Waals surface area contributed by atoms with E-state index in [0.717, 1.165) is 43.0 Å². The zero-order valence-electron chi connectivity index (χ0n) is 24.7. The summed E-state index contributed by atoms with van der Waals surface area (Å²) in [6.07, 6.45) is 3.22. The Bertz CT molecular complexity index is 1800. The van der Waals surface area contributed by atoms with Crippen LogP contribution >= 0.6 is 11.6 Å². The number of piperidine rings is 1. The third-order valence-corrected chi connectivity index (χ3v) is 8.98. The number of carbonyl (C=O) groups is 3. The highest BCUT2D eigenvalue weighted by atomic mass is 35.5. The molecule has 232 valence electrons. The molecule has 9 nitrogen and oxygen atoms in total. The molecule has 6 rings (SSSR count). The second kappa shape index (κ2) is 13.2. The van der Waals surface area contributed by atoms with E-state index in [1.54, 1.807) is 17.0 Å². The first-order valence-corrected chi connectivity index (χ1v) is 15.6. The van der Waals surface area contributed by atoms with E-state index in [1.807, 2.05) is 29.2 Å². The van der Waals surface area contributed by atoms with Crippen molar-refractivity contribution < 1.29 is 23.9 Å². The van der Waals surface area contributed by atoms with Crippen molar-refractivity contribution in [2.75, 3.05) is 19.6 Å². The van der Waals surface area contributed by atoms with Crippen LogP contribution < -0.4 is 10.7 Å². The molecule has 45 heavy (non-hydrogen) atoms. The van der Waals surface area contributed by atoms with Crippen molar-refractivity contribution in [3.63, 3.8) is 0 Å². The molecule has 10 heteroatoms. The van der Waals surface area contributed by atoms with Crippen molar-refractivity contribution in [3.05, 3.63) is 110 Å². The summed E-state index contributed by atoms with van der Waals surface area (Å²) in [5, 5.41) is 13.4. The van der Waals surface area contributed by atoms with Crippen molar-refractivity contribution in [1.29, 1.82) is 0 Å². The van der Waals surface area contributed by atoms with Gasteiger partial charge in [0.2, 0.25) is 11.8 Å². The van der Waals surface area contributed by atoms with Gasteiger partial charge in [-0.05, 0) is 66.1 Å². The normalized spacial score (nSPS) is 16.2. The maximum Gasteiger partial charge on any atom is 0.287 e. The Morgan fingerprint density at radius 3 is 2.47 bits per heavy atom. The summed E-state index contributed by atoms with van der Waals surface area (Å²) in [5.74, 6) is -0.845. The smallest absolute Gasteiger partial charge is 0.287 e. The average Bonchev–Trinajstić information content (AvgIpc) is 3.45. The average molecular weight is 628 g/mol. The van der Waals surface area contributed by atoms with Crippen LogP contribution in [-0.4, -0.2) is 58.3 Å². The highest BCUT2D eigenvalue weighted by molar-refractivity contribution is 6.30. The first-order valence-electron chi connectivity index (χ1n) is 15.2. The molecular weight excluding hydrogens is 594 g/mol. The topological polar surface area (TPSA) is 120 Å². The van der Waals surface area contributed by atoms with Crippen molar-refractivity contribution >= 4 is 40.3 Å². The Morgan fingerprint density at radius 1 is 0.978 bits per heavy atom. The molecule has 1 aromatic heterocycles. The van der Waals surface area contributed by atoms with Gasteiger partial charge in [0, 0.05) is 56.2 Å². The van der Waals surface area contributed by atoms with E-state index < -0.39 is 17.4 Å². The molecule has 3 amide bonds. The number of fused-ring (bicyclic) bond motifs is 1. The van der Waals surface area contributed by atoms with E-state index in [1.165, 1.54) is 23.8 Å². The zero-order chi connectivity index (χ0) is 31.5. The molecule has 2 fully saturated rings. The second-order valence-corrected chi connectivity index (χ2v) is 12.2. The molecular formula is C35H34ClN3O6. The number of carbonyl (C=O) groups excluding carboxylic acids is 3. The van der Waals surface area contributed by atoms with Crippen LogP contribution in [0.1, 0.15) is 58.8 Å². The van der Waals surface area contributed by atoms with Crippen molar-refractivity contribution in [1.82, 2.24) is 15.1 Å². The first-order chi connectivity index (χ1) is 21.7. The number of halogens is 1. The minimum Gasteiger partial charge on any atom is -0.508 e. The molecule has 3 aromatic carbocycles. The van der Waals surface area contributed by atoms with E-state index in [4.69, 9.17) is 16.0 Å². The van der Waals surface area contributed by atoms with E-state index in [-0.39, 0.29) is 46.6 Å². The van der Waals surface area contributed by atoms with Gasteiger partial charge in [0.25, 0.3) is 5.91 Å². The lowest BCUT2D eigenvalue weighted by Gasteiger charge is -2.35. The van der Waals surface area contributed by atoms with Gasteiger partial charge in [0.15, 0.2) is 11.2 Å². The van der Waals surface area contributed by atoms with Gasteiger partial charge in [0.05, 0.1) is 5.39 Å². The number of rotatable bonds is 8. The van der Waals surface area contributed by atoms with Gasteiger partial charge < -0.3 is 24.6 Å². The number of nitrogens with one attached hydrogen (secondary N) is 1. The number of phenolic OH excluding ortho intramolecular Hbond substituents is 1. The minimum atomic E-state index is -0.922. The molecule has 0 saturated carbocycles. The largest absolute Gasteiger partial charge is 0.508 e. The first kappa shape index (κ1) is 30.4. The van der Waals surface area contributed by atoms with Crippen molar-refractivity contribution in [2.45, 2.75) is 50.6 Å². The molecule has 2 aliphatic heterocycles. The molecule has 1 atom stereocenters. The summed E-state index contributed by atoms with van der Waals surface area (Å²) in [4.78, 5) is 56.0. The van der Waals surface area contributed by atoms with Crippen LogP contribution in [0.25, 0.3) is 11.0 Å². The monoisotopic (exact) mass is 627 g/mol. The van der Waals surface area contributed by atoms with Gasteiger partial charge >= 0.3 is 0 Å². The fraction of sp³-hybridized carbons (Fsp3) is 0.314. The van der Waals surface area contributed by atoms with Crippen LogP contribution in [0.5, 0.6) is 5.75 Å². The van der Waals surface area contributed by atoms with Gasteiger partial charge in [0.1, 0.15) is 17.4 Å². The predicted octanol–water partition coefficient (Wildman–Crippen LogP) is 5.02. The van der Waals surface area contributed by atoms with Gasteiger partial charge in [-0.15, -0.1) is 0 Å². The van der Waals surface area contributed by atoms with Crippen LogP contribution in [0.4, 0.5) is 0 Å². The summed E-state index contributed by atoms with van der Waals surface area (Å²) in [7, 11) is 0. The van der Waals surface area contributed by atoms with Crippen molar-refractivity contribution in [2.24, 2.45) is 0 Å². The Balaban J connectivity index is 1.18. The quantitative estimate of drug-likeness (QED) is 0.283. The van der Waals surface area contributed by atoms with Crippen LogP contribution in [0.15, 0.2) is 82.0 Å². The lowest BCUT2D eigenvalue weighted by molar-refractivity contribution is -0.134. The van der Waals surface area contributed by atoms with Gasteiger partial charge in [-0.25, -0.2) is 0 Å². The Kier molecular flexibility index (Phi) is 8.89. The molecule has 0 bridgehead atoms. The lowest BCUT2D eigenvalue weighted by atomic mass is 9.86. The number of hydrogen-bond acceptors (Lipinski definition) is 6. The minimum absolute atomic E-state index is 0.0738. The second-order valence-electron chi connectivity index (χ2n) is 11.7. The summed E-state index contributed by atoms with van der Waals surface area (Å²) in [6.45, 7) is 2.41. The molecule has 0 unspecified atom stereocenters. The predicted molar refractivity (Wildman–Crippen MR) is 170 cm³/mol. The van der Waals surface area contributed by atoms with Gasteiger partial charge in [-0.1, -0.05) is 48.0 Å². The number of phenols is 1. The molecule has 2 aliphatic rings. The number of likely N-dealkylation sites (tertiary alicyclic amines) is 2. The summed E-state index contributed by atoms with van der Waals surface area (Å²) >= 11 is 6.08. The zero-order valence-corrected chi connectivity index (χ0v) is 25.5. The number of aromatic hydroxyl groups is 1. The van der Waals surface area contributed by atoms with E-state index >= 15 is 0 Å². The molecule has 3 heterocycles. The number of hydrogen-bond donors (Lipinski definition) is 2. The third-order valence-electron chi connectivity index (χ3n) is 8.73. The molecule has 2 saturated heterocycles. The van der Waals surface area contributed by atoms with Crippen LogP contribution in [0, 0.1) is 0 Å². The maximum absolute atomic E-state index is 14.0. The van der Waals surface area contributed by atoms with E-state index in [0.29, 0.717) is 31.1 Å². The van der Waals surface area contributed by atoms with E-state index in [2.05, 4.69) is 17.4 Å². The Morgan fingerprint density at radius 2 is 1.73 bits per heavy atom. The molecule has 4 aromatic rings. The molecule has 0 radical (unpaired) electrons. The third kappa shape index (κ3) is 6.88. The molecule has 0 spiro atoms. The van der Waals surface area contributed by atoms with Crippen LogP contribution in [-0.2, 0) is 22.6 Å². The number of amides is 3. The number of benzene rings is 3. The maximum atomic E-state index is 14.0. The Hall–Kier alpha value is -4.63. The highest BCUT2D eigenvalue weighted by Gasteiger charge is 2.32. The van der Waals surface area contributed by atoms with Gasteiger partial charge in [-0.2, -0.15) is 0 Å². The standard InChI is InChI=1S/C35H34ClN3O6/c36-25-9-7-22(8-10-25)18-29(37-34(43)32-20-30(41)28-12-11-26(40)19-31(28)45-32)35(44)38-16-13-23(14-17-38)27-5-2-1-4-24(27)21-39-15-3-6-33(39)42/h1-2,4-5,7-12,19-20,23,29,40H,3,6,13-18,21H2,(H,37,43)/t29-/m0/s1.